The second kappa shape index (κ2) is 4.53. The van der Waals surface area contributed by atoms with Crippen LogP contribution in [-0.2, 0) is 14.8 Å². The number of carbonyl (C=O) groups excluding carboxylic acids is 1. The minimum Gasteiger partial charge on any atom is -0.210 e. The van der Waals surface area contributed by atoms with Crippen molar-refractivity contribution >= 4 is 16.1 Å². The van der Waals surface area contributed by atoms with E-state index in [1.165, 1.54) is 6.42 Å². The lowest BCUT2D eigenvalue weighted by atomic mass is 9.91. The van der Waals surface area contributed by atoms with Gasteiger partial charge in [0.15, 0.2) is 0 Å². The van der Waals surface area contributed by atoms with Crippen LogP contribution in [0.2, 0.25) is 0 Å². The number of hydrogen-bond acceptors (Lipinski definition) is 3. The predicted molar refractivity (Wildman–Crippen MR) is 48.5 cm³/mol. The van der Waals surface area contributed by atoms with E-state index in [2.05, 4.69) is 4.40 Å². The average molecular weight is 203 g/mol. The first-order chi connectivity index (χ1) is 6.14. The fourth-order valence-corrected chi connectivity index (χ4v) is 2.86. The summed E-state index contributed by atoms with van der Waals surface area (Å²) in [6.07, 6.45) is 6.33. The van der Waals surface area contributed by atoms with Gasteiger partial charge in [0.2, 0.25) is 0 Å². The molecule has 0 N–H and O–H groups in total. The van der Waals surface area contributed by atoms with Gasteiger partial charge >= 0.3 is 0 Å². The number of hydrogen-bond donors (Lipinski definition) is 0. The summed E-state index contributed by atoms with van der Waals surface area (Å²) in [6, 6.07) is 0. The highest BCUT2D eigenvalue weighted by Crippen LogP contribution is 2.24. The third-order valence-corrected chi connectivity index (χ3v) is 3.59. The highest BCUT2D eigenvalue weighted by Gasteiger charge is 2.20. The summed E-state index contributed by atoms with van der Waals surface area (Å²) in [7, 11) is -3.53. The third kappa shape index (κ3) is 3.70. The van der Waals surface area contributed by atoms with Crippen molar-refractivity contribution in [2.24, 2.45) is 10.3 Å². The number of sulfonamides is 1. The first-order valence-electron chi connectivity index (χ1n) is 4.46. The number of isocyanates is 1. The van der Waals surface area contributed by atoms with Gasteiger partial charge in [0.1, 0.15) is 0 Å². The van der Waals surface area contributed by atoms with Crippen LogP contribution in [0, 0.1) is 5.92 Å². The Morgan fingerprint density at radius 1 is 1.23 bits per heavy atom. The molecule has 0 unspecified atom stereocenters. The fraction of sp³-hybridized carbons (Fsp3) is 0.875. The SMILES string of the molecule is O=C=NS(=O)(=O)CC1CCCCC1. The van der Waals surface area contributed by atoms with Gasteiger partial charge in [0.25, 0.3) is 16.1 Å². The Balaban J connectivity index is 2.51. The summed E-state index contributed by atoms with van der Waals surface area (Å²) in [5, 5.41) is 0. The Labute approximate surface area is 78.1 Å². The Hall–Kier alpha value is -0.670. The van der Waals surface area contributed by atoms with Crippen LogP contribution in [0.25, 0.3) is 0 Å². The molecule has 0 aliphatic heterocycles. The maximum absolute atomic E-state index is 11.1. The first kappa shape index (κ1) is 10.4. The zero-order valence-corrected chi connectivity index (χ0v) is 8.22. The molecule has 0 heterocycles. The van der Waals surface area contributed by atoms with Crippen LogP contribution in [0.5, 0.6) is 0 Å². The van der Waals surface area contributed by atoms with Gasteiger partial charge in [-0.1, -0.05) is 23.7 Å². The zero-order chi connectivity index (χ0) is 9.73. The van der Waals surface area contributed by atoms with Gasteiger partial charge in [-0.2, -0.15) is 0 Å². The average Bonchev–Trinajstić information content (AvgIpc) is 2.04. The highest BCUT2D eigenvalue weighted by molar-refractivity contribution is 7.90. The second-order valence-corrected chi connectivity index (χ2v) is 5.11. The number of rotatable bonds is 3. The van der Waals surface area contributed by atoms with Crippen LogP contribution >= 0.6 is 0 Å². The molecule has 5 heteroatoms. The molecule has 0 bridgehead atoms. The van der Waals surface area contributed by atoms with Crippen LogP contribution < -0.4 is 0 Å². The molecule has 4 nitrogen and oxygen atoms in total. The highest BCUT2D eigenvalue weighted by atomic mass is 32.2. The fourth-order valence-electron chi connectivity index (χ4n) is 1.75. The van der Waals surface area contributed by atoms with Gasteiger partial charge in [-0.25, -0.2) is 13.2 Å². The van der Waals surface area contributed by atoms with Crippen molar-refractivity contribution in [1.82, 2.24) is 0 Å². The molecule has 0 saturated heterocycles. The largest absolute Gasteiger partial charge is 0.263 e. The lowest BCUT2D eigenvalue weighted by molar-refractivity contribution is 0.385. The van der Waals surface area contributed by atoms with Crippen molar-refractivity contribution in [3.8, 4) is 0 Å². The summed E-state index contributed by atoms with van der Waals surface area (Å²) in [6.45, 7) is 0. The van der Waals surface area contributed by atoms with E-state index in [0.29, 0.717) is 0 Å². The van der Waals surface area contributed by atoms with Crippen LogP contribution in [0.4, 0.5) is 0 Å². The molecule has 0 aromatic heterocycles. The molecular weight excluding hydrogens is 190 g/mol. The molecule has 0 atom stereocenters. The van der Waals surface area contributed by atoms with E-state index in [4.69, 9.17) is 0 Å². The summed E-state index contributed by atoms with van der Waals surface area (Å²) >= 11 is 0. The van der Waals surface area contributed by atoms with Crippen molar-refractivity contribution in [2.75, 3.05) is 5.75 Å². The molecule has 0 amide bonds. The van der Waals surface area contributed by atoms with Gasteiger partial charge in [-0.15, -0.1) is 0 Å². The molecule has 1 rings (SSSR count). The first-order valence-corrected chi connectivity index (χ1v) is 6.07. The Morgan fingerprint density at radius 2 is 1.85 bits per heavy atom. The minimum atomic E-state index is -3.53. The minimum absolute atomic E-state index is 0.0161. The van der Waals surface area contributed by atoms with Gasteiger partial charge in [-0.3, -0.25) is 0 Å². The molecule has 74 valence electrons. The van der Waals surface area contributed by atoms with E-state index in [1.807, 2.05) is 0 Å². The van der Waals surface area contributed by atoms with Crippen LogP contribution in [0.15, 0.2) is 4.40 Å². The van der Waals surface area contributed by atoms with E-state index < -0.39 is 10.0 Å². The predicted octanol–water partition coefficient (Wildman–Crippen LogP) is 1.23. The Kier molecular flexibility index (Phi) is 3.63. The van der Waals surface area contributed by atoms with Crippen molar-refractivity contribution in [1.29, 1.82) is 0 Å². The standard InChI is InChI=1S/C8H13NO3S/c10-7-9-13(11,12)6-8-4-2-1-3-5-8/h8H,1-6H2. The molecule has 0 aromatic rings. The van der Waals surface area contributed by atoms with Crippen LogP contribution in [0.1, 0.15) is 32.1 Å². The molecule has 1 saturated carbocycles. The molecular formula is C8H13NO3S. The van der Waals surface area contributed by atoms with E-state index in [1.54, 1.807) is 0 Å². The van der Waals surface area contributed by atoms with Crippen molar-refractivity contribution < 1.29 is 13.2 Å². The van der Waals surface area contributed by atoms with Crippen molar-refractivity contribution in [3.05, 3.63) is 0 Å². The van der Waals surface area contributed by atoms with E-state index in [0.717, 1.165) is 31.8 Å². The summed E-state index contributed by atoms with van der Waals surface area (Å²) < 4.78 is 25.0. The van der Waals surface area contributed by atoms with Gasteiger partial charge < -0.3 is 0 Å². The number of nitrogens with zero attached hydrogens (tertiary/aromatic N) is 1. The molecule has 0 aromatic carbocycles. The lowest BCUT2D eigenvalue weighted by Gasteiger charge is -2.19. The summed E-state index contributed by atoms with van der Waals surface area (Å²) in [4.78, 5) is 9.79. The van der Waals surface area contributed by atoms with E-state index in [9.17, 15) is 13.2 Å². The maximum atomic E-state index is 11.1. The summed E-state index contributed by atoms with van der Waals surface area (Å²) in [5.41, 5.74) is 0. The summed E-state index contributed by atoms with van der Waals surface area (Å²) in [5.74, 6) is 0.207. The quantitative estimate of drug-likeness (QED) is 0.512. The molecule has 13 heavy (non-hydrogen) atoms. The molecule has 1 aliphatic rings. The lowest BCUT2D eigenvalue weighted by Crippen LogP contribution is -2.16. The molecule has 1 aliphatic carbocycles. The van der Waals surface area contributed by atoms with Crippen molar-refractivity contribution in [2.45, 2.75) is 32.1 Å². The Morgan fingerprint density at radius 3 is 2.38 bits per heavy atom. The molecule has 1 fully saturated rings. The van der Waals surface area contributed by atoms with E-state index >= 15 is 0 Å². The van der Waals surface area contributed by atoms with Crippen molar-refractivity contribution in [3.63, 3.8) is 0 Å². The maximum Gasteiger partial charge on any atom is 0.263 e. The van der Waals surface area contributed by atoms with Gasteiger partial charge in [-0.05, 0) is 18.8 Å². The van der Waals surface area contributed by atoms with Gasteiger partial charge in [0, 0.05) is 0 Å². The monoisotopic (exact) mass is 203 g/mol. The van der Waals surface area contributed by atoms with Crippen LogP contribution in [0.3, 0.4) is 0 Å². The van der Waals surface area contributed by atoms with Gasteiger partial charge in [0.05, 0.1) is 5.75 Å². The molecule has 0 radical (unpaired) electrons. The smallest absolute Gasteiger partial charge is 0.210 e. The molecule has 0 spiro atoms. The zero-order valence-electron chi connectivity index (χ0n) is 7.40. The Bertz CT molecular complexity index is 297. The second-order valence-electron chi connectivity index (χ2n) is 3.44. The van der Waals surface area contributed by atoms with Crippen LogP contribution in [-0.4, -0.2) is 20.3 Å². The topological polar surface area (TPSA) is 63.6 Å². The normalized spacial score (nSPS) is 19.4. The third-order valence-electron chi connectivity index (χ3n) is 2.35. The van der Waals surface area contributed by atoms with E-state index in [-0.39, 0.29) is 11.7 Å².